The number of amides is 2. The summed E-state index contributed by atoms with van der Waals surface area (Å²) in [7, 11) is 1.61. The highest BCUT2D eigenvalue weighted by Crippen LogP contribution is 2.29. The summed E-state index contributed by atoms with van der Waals surface area (Å²) in [6.07, 6.45) is 2.10. The lowest BCUT2D eigenvalue weighted by molar-refractivity contribution is 0.208. The van der Waals surface area contributed by atoms with Crippen LogP contribution in [0.1, 0.15) is 5.56 Å². The summed E-state index contributed by atoms with van der Waals surface area (Å²) >= 11 is 1.75. The zero-order valence-electron chi connectivity index (χ0n) is 15.5. The van der Waals surface area contributed by atoms with E-state index in [-0.39, 0.29) is 6.03 Å². The van der Waals surface area contributed by atoms with Crippen molar-refractivity contribution in [3.8, 4) is 5.75 Å². The van der Waals surface area contributed by atoms with Gasteiger partial charge in [0.2, 0.25) is 0 Å². The fraction of sp³-hybridized carbons (Fsp3) is 0.350. The Labute approximate surface area is 159 Å². The molecule has 6 heteroatoms. The number of thioether (sulfide) groups is 1. The van der Waals surface area contributed by atoms with E-state index >= 15 is 0 Å². The minimum atomic E-state index is -0.0771. The third kappa shape index (κ3) is 4.07. The molecular weight excluding hydrogens is 346 g/mol. The normalized spacial score (nSPS) is 14.3. The Morgan fingerprint density at radius 2 is 1.85 bits per heavy atom. The van der Waals surface area contributed by atoms with E-state index < -0.39 is 0 Å². The molecule has 1 saturated heterocycles. The highest BCUT2D eigenvalue weighted by Gasteiger charge is 2.23. The summed E-state index contributed by atoms with van der Waals surface area (Å²) in [5.41, 5.74) is 3.05. The van der Waals surface area contributed by atoms with E-state index in [0.717, 1.165) is 18.7 Å². The molecule has 1 aliphatic rings. The molecule has 0 atom stereocenters. The van der Waals surface area contributed by atoms with Crippen molar-refractivity contribution in [2.45, 2.75) is 11.8 Å². The molecule has 26 heavy (non-hydrogen) atoms. The van der Waals surface area contributed by atoms with Crippen LogP contribution in [-0.4, -0.2) is 50.5 Å². The van der Waals surface area contributed by atoms with Gasteiger partial charge in [0, 0.05) is 31.1 Å². The van der Waals surface area contributed by atoms with E-state index in [1.54, 1.807) is 18.9 Å². The first-order valence-electron chi connectivity index (χ1n) is 8.71. The van der Waals surface area contributed by atoms with Crippen LogP contribution >= 0.6 is 11.8 Å². The zero-order valence-corrected chi connectivity index (χ0v) is 16.3. The molecule has 2 amide bonds. The predicted octanol–water partition coefficient (Wildman–Crippen LogP) is 4.08. The van der Waals surface area contributed by atoms with Gasteiger partial charge in [-0.1, -0.05) is 18.2 Å². The fourth-order valence-corrected chi connectivity index (χ4v) is 3.78. The Morgan fingerprint density at radius 3 is 2.54 bits per heavy atom. The molecule has 0 spiro atoms. The minimum Gasteiger partial charge on any atom is -0.495 e. The molecule has 1 aliphatic heterocycles. The van der Waals surface area contributed by atoms with Gasteiger partial charge in [0.15, 0.2) is 0 Å². The number of piperazine rings is 1. The first-order valence-corrected chi connectivity index (χ1v) is 9.93. The number of anilines is 2. The fourth-order valence-electron chi connectivity index (χ4n) is 3.16. The molecule has 5 nitrogen and oxygen atoms in total. The second-order valence-corrected chi connectivity index (χ2v) is 7.13. The van der Waals surface area contributed by atoms with Gasteiger partial charge in [0.25, 0.3) is 0 Å². The van der Waals surface area contributed by atoms with Crippen molar-refractivity contribution >= 4 is 29.2 Å². The molecule has 0 saturated carbocycles. The van der Waals surface area contributed by atoms with Crippen molar-refractivity contribution in [1.82, 2.24) is 4.90 Å². The maximum absolute atomic E-state index is 12.6. The summed E-state index contributed by atoms with van der Waals surface area (Å²) in [5, 5.41) is 2.99. The second kappa shape index (κ2) is 8.36. The van der Waals surface area contributed by atoms with Gasteiger partial charge in [-0.3, -0.25) is 0 Å². The van der Waals surface area contributed by atoms with E-state index in [9.17, 15) is 4.79 Å². The summed E-state index contributed by atoms with van der Waals surface area (Å²) in [4.78, 5) is 18.1. The quantitative estimate of drug-likeness (QED) is 0.823. The molecule has 138 valence electrons. The molecule has 0 unspecified atom stereocenters. The monoisotopic (exact) mass is 371 g/mol. The van der Waals surface area contributed by atoms with Crippen molar-refractivity contribution in [3.63, 3.8) is 0 Å². The van der Waals surface area contributed by atoms with E-state index in [2.05, 4.69) is 40.7 Å². The van der Waals surface area contributed by atoms with E-state index in [4.69, 9.17) is 4.74 Å². The SMILES string of the molecule is COc1ccc(C)cc1NC(=O)N1CCN(c2ccccc2SC)CC1. The van der Waals surface area contributed by atoms with Crippen LogP contribution in [0.25, 0.3) is 0 Å². The first-order chi connectivity index (χ1) is 12.6. The van der Waals surface area contributed by atoms with Gasteiger partial charge in [-0.05, 0) is 43.0 Å². The lowest BCUT2D eigenvalue weighted by Crippen LogP contribution is -2.50. The highest BCUT2D eigenvalue weighted by molar-refractivity contribution is 7.98. The number of hydrogen-bond donors (Lipinski definition) is 1. The zero-order chi connectivity index (χ0) is 18.5. The van der Waals surface area contributed by atoms with Crippen molar-refractivity contribution in [2.24, 2.45) is 0 Å². The van der Waals surface area contributed by atoms with Gasteiger partial charge in [-0.25, -0.2) is 4.79 Å². The molecule has 3 rings (SSSR count). The van der Waals surface area contributed by atoms with Crippen LogP contribution in [0.3, 0.4) is 0 Å². The van der Waals surface area contributed by atoms with Crippen LogP contribution in [0, 0.1) is 6.92 Å². The van der Waals surface area contributed by atoms with Crippen molar-refractivity contribution < 1.29 is 9.53 Å². The number of ether oxygens (including phenoxy) is 1. The first kappa shape index (κ1) is 18.5. The molecule has 2 aromatic rings. The largest absolute Gasteiger partial charge is 0.495 e. The maximum atomic E-state index is 12.6. The van der Waals surface area contributed by atoms with Gasteiger partial charge in [-0.15, -0.1) is 11.8 Å². The average molecular weight is 372 g/mol. The lowest BCUT2D eigenvalue weighted by Gasteiger charge is -2.36. The number of carbonyl (C=O) groups excluding carboxylic acids is 1. The highest BCUT2D eigenvalue weighted by atomic mass is 32.2. The third-order valence-corrected chi connectivity index (χ3v) is 5.37. The number of benzene rings is 2. The predicted molar refractivity (Wildman–Crippen MR) is 109 cm³/mol. The summed E-state index contributed by atoms with van der Waals surface area (Å²) in [6.45, 7) is 5.05. The number of urea groups is 1. The summed E-state index contributed by atoms with van der Waals surface area (Å²) in [5.74, 6) is 0.677. The Kier molecular flexibility index (Phi) is 5.93. The average Bonchev–Trinajstić information content (AvgIpc) is 2.68. The van der Waals surface area contributed by atoms with Crippen molar-refractivity contribution in [2.75, 3.05) is 49.8 Å². The van der Waals surface area contributed by atoms with Gasteiger partial charge >= 0.3 is 6.03 Å². The maximum Gasteiger partial charge on any atom is 0.322 e. The third-order valence-electron chi connectivity index (χ3n) is 4.59. The number of hydrogen-bond acceptors (Lipinski definition) is 4. The molecule has 0 aromatic heterocycles. The standard InChI is InChI=1S/C20H25N3O2S/c1-15-8-9-18(25-2)16(14-15)21-20(24)23-12-10-22(11-13-23)17-6-4-5-7-19(17)26-3/h4-9,14H,10-13H2,1-3H3,(H,21,24). The number of methoxy groups -OCH3 is 1. The molecular formula is C20H25N3O2S. The second-order valence-electron chi connectivity index (χ2n) is 6.28. The Bertz CT molecular complexity index is 773. The number of carbonyl (C=O) groups is 1. The minimum absolute atomic E-state index is 0.0771. The summed E-state index contributed by atoms with van der Waals surface area (Å²) in [6, 6.07) is 14.1. The smallest absolute Gasteiger partial charge is 0.322 e. The number of para-hydroxylation sites is 1. The molecule has 1 heterocycles. The molecule has 0 aliphatic carbocycles. The van der Waals surface area contributed by atoms with E-state index in [0.29, 0.717) is 24.5 Å². The Hall–Kier alpha value is -2.34. The number of nitrogens with one attached hydrogen (secondary N) is 1. The van der Waals surface area contributed by atoms with Crippen LogP contribution in [0.5, 0.6) is 5.75 Å². The number of aryl methyl sites for hydroxylation is 1. The van der Waals surface area contributed by atoms with Crippen LogP contribution < -0.4 is 15.0 Å². The van der Waals surface area contributed by atoms with Gasteiger partial charge in [0.1, 0.15) is 5.75 Å². The molecule has 0 radical (unpaired) electrons. The van der Waals surface area contributed by atoms with Crippen molar-refractivity contribution in [3.05, 3.63) is 48.0 Å². The lowest BCUT2D eigenvalue weighted by atomic mass is 10.2. The number of rotatable bonds is 4. The van der Waals surface area contributed by atoms with Gasteiger partial charge < -0.3 is 19.9 Å². The molecule has 0 bridgehead atoms. The Balaban J connectivity index is 1.63. The van der Waals surface area contributed by atoms with Crippen LogP contribution in [0.15, 0.2) is 47.4 Å². The van der Waals surface area contributed by atoms with Crippen LogP contribution in [0.2, 0.25) is 0 Å². The topological polar surface area (TPSA) is 44.8 Å². The number of nitrogens with zero attached hydrogens (tertiary/aromatic N) is 2. The van der Waals surface area contributed by atoms with Gasteiger partial charge in [-0.2, -0.15) is 0 Å². The van der Waals surface area contributed by atoms with Gasteiger partial charge in [0.05, 0.1) is 18.5 Å². The van der Waals surface area contributed by atoms with Crippen molar-refractivity contribution in [1.29, 1.82) is 0 Å². The molecule has 1 N–H and O–H groups in total. The van der Waals surface area contributed by atoms with Crippen LogP contribution in [0.4, 0.5) is 16.2 Å². The van der Waals surface area contributed by atoms with E-state index in [1.165, 1.54) is 10.6 Å². The van der Waals surface area contributed by atoms with E-state index in [1.807, 2.05) is 30.0 Å². The van der Waals surface area contributed by atoms with Crippen LogP contribution in [-0.2, 0) is 0 Å². The molecule has 2 aromatic carbocycles. The summed E-state index contributed by atoms with van der Waals surface area (Å²) < 4.78 is 5.35. The molecule has 1 fully saturated rings. The Morgan fingerprint density at radius 1 is 1.12 bits per heavy atom.